The lowest BCUT2D eigenvalue weighted by Gasteiger charge is -2.10. The van der Waals surface area contributed by atoms with E-state index in [-0.39, 0.29) is 5.91 Å². The van der Waals surface area contributed by atoms with Gasteiger partial charge in [0.25, 0.3) is 5.91 Å². The number of rotatable bonds is 3. The molecule has 0 saturated heterocycles. The maximum atomic E-state index is 12.3. The normalized spacial score (nSPS) is 12.4. The van der Waals surface area contributed by atoms with Gasteiger partial charge in [-0.05, 0) is 35.9 Å². The van der Waals surface area contributed by atoms with Gasteiger partial charge in [0.15, 0.2) is 0 Å². The minimum absolute atomic E-state index is 0.117. The second-order valence-electron chi connectivity index (χ2n) is 4.67. The van der Waals surface area contributed by atoms with Gasteiger partial charge >= 0.3 is 0 Å². The molecular weight excluding hydrogens is 252 g/mol. The number of amides is 1. The van der Waals surface area contributed by atoms with E-state index in [2.05, 4.69) is 10.6 Å². The number of hydrogen-bond acceptors (Lipinski definition) is 3. The van der Waals surface area contributed by atoms with Gasteiger partial charge in [-0.15, -0.1) is 0 Å². The van der Waals surface area contributed by atoms with Crippen molar-refractivity contribution in [2.75, 3.05) is 24.3 Å². The summed E-state index contributed by atoms with van der Waals surface area (Å²) < 4.78 is 5.46. The van der Waals surface area contributed by atoms with Gasteiger partial charge in [-0.25, -0.2) is 0 Å². The summed E-state index contributed by atoms with van der Waals surface area (Å²) in [4.78, 5) is 12.3. The van der Waals surface area contributed by atoms with Crippen molar-refractivity contribution in [3.8, 4) is 5.75 Å². The molecule has 2 N–H and O–H groups in total. The quantitative estimate of drug-likeness (QED) is 0.900. The van der Waals surface area contributed by atoms with Gasteiger partial charge in [-0.2, -0.15) is 0 Å². The fourth-order valence-corrected chi connectivity index (χ4v) is 2.36. The number of carbonyl (C=O) groups is 1. The molecule has 1 aliphatic rings. The Morgan fingerprint density at radius 2 is 2.05 bits per heavy atom. The second-order valence-corrected chi connectivity index (χ2v) is 4.67. The van der Waals surface area contributed by atoms with Crippen LogP contribution in [0.15, 0.2) is 42.5 Å². The maximum absolute atomic E-state index is 12.3. The van der Waals surface area contributed by atoms with Crippen molar-refractivity contribution in [1.29, 1.82) is 0 Å². The van der Waals surface area contributed by atoms with Crippen LogP contribution in [0, 0.1) is 0 Å². The molecule has 0 spiro atoms. The molecule has 1 heterocycles. The molecule has 1 amide bonds. The fourth-order valence-electron chi connectivity index (χ4n) is 2.36. The molecule has 0 aromatic heterocycles. The number of nitrogens with one attached hydrogen (secondary N) is 2. The molecule has 0 unspecified atom stereocenters. The van der Waals surface area contributed by atoms with Gasteiger partial charge in [-0.3, -0.25) is 4.79 Å². The smallest absolute Gasteiger partial charge is 0.257 e. The van der Waals surface area contributed by atoms with Crippen LogP contribution in [0.2, 0.25) is 0 Å². The molecule has 0 aliphatic carbocycles. The van der Waals surface area contributed by atoms with Crippen LogP contribution in [-0.4, -0.2) is 19.6 Å². The van der Waals surface area contributed by atoms with Gasteiger partial charge in [0, 0.05) is 24.8 Å². The summed E-state index contributed by atoms with van der Waals surface area (Å²) in [6.07, 6.45) is 0.895. The van der Waals surface area contributed by atoms with E-state index in [0.717, 1.165) is 35.7 Å². The number of anilines is 2. The third-order valence-corrected chi connectivity index (χ3v) is 3.39. The zero-order valence-corrected chi connectivity index (χ0v) is 11.3. The minimum Gasteiger partial charge on any atom is -0.493 e. The van der Waals surface area contributed by atoms with Gasteiger partial charge in [-0.1, -0.05) is 12.1 Å². The van der Waals surface area contributed by atoms with Crippen molar-refractivity contribution in [3.05, 3.63) is 53.6 Å². The summed E-state index contributed by atoms with van der Waals surface area (Å²) in [6, 6.07) is 13.2. The van der Waals surface area contributed by atoms with E-state index in [1.807, 2.05) is 36.4 Å². The number of fused-ring (bicyclic) bond motifs is 1. The zero-order chi connectivity index (χ0) is 13.9. The van der Waals surface area contributed by atoms with Crippen LogP contribution in [0.1, 0.15) is 15.9 Å². The SMILES string of the molecule is CNc1ccccc1C(=O)Nc1ccc2c(c1)CCO2. The van der Waals surface area contributed by atoms with Crippen molar-refractivity contribution >= 4 is 17.3 Å². The number of hydrogen-bond donors (Lipinski definition) is 2. The van der Waals surface area contributed by atoms with Crippen LogP contribution in [0.25, 0.3) is 0 Å². The highest BCUT2D eigenvalue weighted by Gasteiger charge is 2.14. The summed E-state index contributed by atoms with van der Waals surface area (Å²) in [5, 5.41) is 5.95. The van der Waals surface area contributed by atoms with Gasteiger partial charge in [0.1, 0.15) is 5.75 Å². The molecule has 0 atom stereocenters. The first-order valence-corrected chi connectivity index (χ1v) is 6.62. The number of ether oxygens (including phenoxy) is 1. The lowest BCUT2D eigenvalue weighted by molar-refractivity contribution is 0.102. The lowest BCUT2D eigenvalue weighted by atomic mass is 10.1. The first-order valence-electron chi connectivity index (χ1n) is 6.62. The van der Waals surface area contributed by atoms with Crippen molar-refractivity contribution < 1.29 is 9.53 Å². The van der Waals surface area contributed by atoms with Gasteiger partial charge in [0.05, 0.1) is 12.2 Å². The molecule has 20 heavy (non-hydrogen) atoms. The average molecular weight is 268 g/mol. The van der Waals surface area contributed by atoms with Crippen LogP contribution in [-0.2, 0) is 6.42 Å². The molecule has 4 nitrogen and oxygen atoms in total. The van der Waals surface area contributed by atoms with Gasteiger partial charge < -0.3 is 15.4 Å². The highest BCUT2D eigenvalue weighted by atomic mass is 16.5. The molecule has 0 bridgehead atoms. The molecule has 3 rings (SSSR count). The van der Waals surface area contributed by atoms with Crippen molar-refractivity contribution in [3.63, 3.8) is 0 Å². The van der Waals surface area contributed by atoms with Crippen molar-refractivity contribution in [2.24, 2.45) is 0 Å². The average Bonchev–Trinajstić information content (AvgIpc) is 2.94. The van der Waals surface area contributed by atoms with E-state index in [1.165, 1.54) is 0 Å². The van der Waals surface area contributed by atoms with Crippen LogP contribution in [0.5, 0.6) is 5.75 Å². The Morgan fingerprint density at radius 3 is 2.90 bits per heavy atom. The molecule has 4 heteroatoms. The zero-order valence-electron chi connectivity index (χ0n) is 11.3. The Balaban J connectivity index is 1.82. The minimum atomic E-state index is -0.117. The Hall–Kier alpha value is -2.49. The van der Waals surface area contributed by atoms with Crippen LogP contribution in [0.3, 0.4) is 0 Å². The number of benzene rings is 2. The molecule has 102 valence electrons. The third-order valence-electron chi connectivity index (χ3n) is 3.39. The molecule has 2 aromatic rings. The first-order chi connectivity index (χ1) is 9.78. The monoisotopic (exact) mass is 268 g/mol. The van der Waals surface area contributed by atoms with E-state index in [4.69, 9.17) is 4.74 Å². The molecule has 2 aromatic carbocycles. The standard InChI is InChI=1S/C16H16N2O2/c1-17-14-5-3-2-4-13(14)16(19)18-12-6-7-15-11(10-12)8-9-20-15/h2-7,10,17H,8-9H2,1H3,(H,18,19). The fraction of sp³-hybridized carbons (Fsp3) is 0.188. The molecular formula is C16H16N2O2. The van der Waals surface area contributed by atoms with Crippen LogP contribution < -0.4 is 15.4 Å². The van der Waals surface area contributed by atoms with Crippen molar-refractivity contribution in [1.82, 2.24) is 0 Å². The first kappa shape index (κ1) is 12.5. The van der Waals surface area contributed by atoms with E-state index in [0.29, 0.717) is 5.56 Å². The summed E-state index contributed by atoms with van der Waals surface area (Å²) in [6.45, 7) is 0.718. The maximum Gasteiger partial charge on any atom is 0.257 e. The summed E-state index contributed by atoms with van der Waals surface area (Å²) >= 11 is 0. The van der Waals surface area contributed by atoms with Crippen LogP contribution >= 0.6 is 0 Å². The topological polar surface area (TPSA) is 50.4 Å². The Kier molecular flexibility index (Phi) is 3.29. The van der Waals surface area contributed by atoms with E-state index in [9.17, 15) is 4.79 Å². The van der Waals surface area contributed by atoms with Gasteiger partial charge in [0.2, 0.25) is 0 Å². The van der Waals surface area contributed by atoms with Crippen LogP contribution in [0.4, 0.5) is 11.4 Å². The molecule has 1 aliphatic heterocycles. The Labute approximate surface area is 117 Å². The van der Waals surface area contributed by atoms with E-state index in [1.54, 1.807) is 13.1 Å². The highest BCUT2D eigenvalue weighted by molar-refractivity contribution is 6.08. The predicted molar refractivity (Wildman–Crippen MR) is 79.6 cm³/mol. The number of para-hydroxylation sites is 1. The predicted octanol–water partition coefficient (Wildman–Crippen LogP) is 2.92. The molecule has 0 fully saturated rings. The third kappa shape index (κ3) is 2.32. The molecule has 0 radical (unpaired) electrons. The Bertz CT molecular complexity index is 653. The lowest BCUT2D eigenvalue weighted by Crippen LogP contribution is -2.13. The summed E-state index contributed by atoms with van der Waals surface area (Å²) in [7, 11) is 1.80. The number of carbonyl (C=O) groups excluding carboxylic acids is 1. The molecule has 0 saturated carbocycles. The highest BCUT2D eigenvalue weighted by Crippen LogP contribution is 2.28. The Morgan fingerprint density at radius 1 is 1.20 bits per heavy atom. The second kappa shape index (κ2) is 5.25. The summed E-state index contributed by atoms with van der Waals surface area (Å²) in [5.41, 5.74) is 3.39. The van der Waals surface area contributed by atoms with Crippen molar-refractivity contribution in [2.45, 2.75) is 6.42 Å². The largest absolute Gasteiger partial charge is 0.493 e. The summed E-state index contributed by atoms with van der Waals surface area (Å²) in [5.74, 6) is 0.799. The van der Waals surface area contributed by atoms with E-state index >= 15 is 0 Å². The van der Waals surface area contributed by atoms with E-state index < -0.39 is 0 Å².